The molecule has 0 rings (SSSR count). The molecule has 2 heteroatoms. The Morgan fingerprint density at radius 1 is 0.833 bits per heavy atom. The molecule has 1 atom stereocenters. The molecule has 110 valence electrons. The van der Waals surface area contributed by atoms with Crippen LogP contribution in [0.3, 0.4) is 0 Å². The fourth-order valence-corrected chi connectivity index (χ4v) is 2.06. The van der Waals surface area contributed by atoms with Crippen molar-refractivity contribution in [1.29, 1.82) is 0 Å². The van der Waals surface area contributed by atoms with E-state index in [1.165, 1.54) is 25.9 Å². The number of hydrogen-bond donors (Lipinski definition) is 0. The Morgan fingerprint density at radius 2 is 1.33 bits per heavy atom. The van der Waals surface area contributed by atoms with E-state index < -0.39 is 0 Å². The Hall–Kier alpha value is -0.0800. The molecule has 0 radical (unpaired) electrons. The van der Waals surface area contributed by atoms with Crippen LogP contribution in [0.2, 0.25) is 0 Å². The lowest BCUT2D eigenvalue weighted by Crippen LogP contribution is -2.51. The molecule has 0 aromatic rings. The van der Waals surface area contributed by atoms with E-state index in [0.717, 1.165) is 19.4 Å². The van der Waals surface area contributed by atoms with Gasteiger partial charge in [-0.2, -0.15) is 0 Å². The molecule has 0 aromatic carbocycles. The highest BCUT2D eigenvalue weighted by atomic mass is 16.5. The molecule has 0 aliphatic heterocycles. The normalized spacial score (nSPS) is 16.0. The maximum Gasteiger partial charge on any atom is 0.0654 e. The Bertz CT molecular complexity index is 209. The Labute approximate surface area is 115 Å². The van der Waals surface area contributed by atoms with Gasteiger partial charge < -0.3 is 4.74 Å². The van der Waals surface area contributed by atoms with Gasteiger partial charge in [-0.1, -0.05) is 27.7 Å². The second kappa shape index (κ2) is 8.16. The molecular weight excluding hydrogens is 222 g/mol. The van der Waals surface area contributed by atoms with Crippen molar-refractivity contribution < 1.29 is 4.74 Å². The third-order valence-electron chi connectivity index (χ3n) is 4.14. The van der Waals surface area contributed by atoms with Crippen LogP contribution in [-0.4, -0.2) is 35.7 Å². The van der Waals surface area contributed by atoms with E-state index in [0.29, 0.717) is 0 Å². The Morgan fingerprint density at radius 3 is 1.67 bits per heavy atom. The van der Waals surface area contributed by atoms with E-state index in [2.05, 4.69) is 53.4 Å². The molecule has 1 unspecified atom stereocenters. The SMILES string of the molecule is CCCN(CCC)C(C)(CC)COC(C)(C)CC. The molecule has 0 bridgehead atoms. The van der Waals surface area contributed by atoms with E-state index in [1.54, 1.807) is 0 Å². The van der Waals surface area contributed by atoms with Gasteiger partial charge in [0.1, 0.15) is 0 Å². The average molecular weight is 257 g/mol. The molecule has 0 aliphatic carbocycles. The number of ether oxygens (including phenoxy) is 1. The van der Waals surface area contributed by atoms with Gasteiger partial charge in [0.2, 0.25) is 0 Å². The first-order valence-corrected chi connectivity index (χ1v) is 7.74. The van der Waals surface area contributed by atoms with Crippen molar-refractivity contribution in [3.8, 4) is 0 Å². The van der Waals surface area contributed by atoms with Crippen LogP contribution in [0, 0.1) is 0 Å². The lowest BCUT2D eigenvalue weighted by molar-refractivity contribution is -0.0794. The zero-order chi connectivity index (χ0) is 14.2. The molecule has 0 N–H and O–H groups in total. The van der Waals surface area contributed by atoms with Gasteiger partial charge in [0, 0.05) is 5.54 Å². The van der Waals surface area contributed by atoms with E-state index in [9.17, 15) is 0 Å². The number of rotatable bonds is 10. The average Bonchev–Trinajstić information content (AvgIpc) is 2.36. The first-order valence-electron chi connectivity index (χ1n) is 7.74. The van der Waals surface area contributed by atoms with Gasteiger partial charge in [-0.3, -0.25) is 4.90 Å². The zero-order valence-electron chi connectivity index (χ0n) is 13.8. The minimum absolute atomic E-state index is 0.000525. The Balaban J connectivity index is 4.63. The molecule has 2 nitrogen and oxygen atoms in total. The molecule has 0 saturated carbocycles. The van der Waals surface area contributed by atoms with Crippen LogP contribution in [0.5, 0.6) is 0 Å². The summed E-state index contributed by atoms with van der Waals surface area (Å²) in [6.45, 7) is 18.9. The predicted molar refractivity (Wildman–Crippen MR) is 81.2 cm³/mol. The summed E-state index contributed by atoms with van der Waals surface area (Å²) in [6.07, 6.45) is 4.64. The standard InChI is InChI=1S/C16H35NO/c1-8-12-17(13-9-2)16(7,11-4)14-18-15(5,6)10-3/h8-14H2,1-7H3. The summed E-state index contributed by atoms with van der Waals surface area (Å²) in [5.74, 6) is 0. The summed E-state index contributed by atoms with van der Waals surface area (Å²) in [5, 5.41) is 0. The summed E-state index contributed by atoms with van der Waals surface area (Å²) in [6, 6.07) is 0. The van der Waals surface area contributed by atoms with Gasteiger partial charge in [-0.15, -0.1) is 0 Å². The van der Waals surface area contributed by atoms with Gasteiger partial charge in [0.15, 0.2) is 0 Å². The first kappa shape index (κ1) is 17.9. The van der Waals surface area contributed by atoms with Crippen molar-refractivity contribution in [1.82, 2.24) is 4.90 Å². The maximum absolute atomic E-state index is 6.17. The predicted octanol–water partition coefficient (Wildman–Crippen LogP) is 4.48. The van der Waals surface area contributed by atoms with Crippen LogP contribution in [0.4, 0.5) is 0 Å². The quantitative estimate of drug-likeness (QED) is 0.572. The monoisotopic (exact) mass is 257 g/mol. The van der Waals surface area contributed by atoms with E-state index in [4.69, 9.17) is 4.74 Å². The third kappa shape index (κ3) is 5.71. The largest absolute Gasteiger partial charge is 0.374 e. The summed E-state index contributed by atoms with van der Waals surface area (Å²) in [4.78, 5) is 2.61. The Kier molecular flexibility index (Phi) is 8.13. The minimum atomic E-state index is 0.000525. The highest BCUT2D eigenvalue weighted by Crippen LogP contribution is 2.24. The van der Waals surface area contributed by atoms with Crippen LogP contribution in [0.15, 0.2) is 0 Å². The summed E-state index contributed by atoms with van der Waals surface area (Å²) < 4.78 is 6.17. The van der Waals surface area contributed by atoms with Gasteiger partial charge in [0.25, 0.3) is 0 Å². The van der Waals surface area contributed by atoms with E-state index in [-0.39, 0.29) is 11.1 Å². The highest BCUT2D eigenvalue weighted by Gasteiger charge is 2.31. The molecule has 0 fully saturated rings. The topological polar surface area (TPSA) is 12.5 Å². The second-order valence-corrected chi connectivity index (χ2v) is 6.24. The smallest absolute Gasteiger partial charge is 0.0654 e. The van der Waals surface area contributed by atoms with Crippen LogP contribution in [0.25, 0.3) is 0 Å². The van der Waals surface area contributed by atoms with Crippen LogP contribution >= 0.6 is 0 Å². The van der Waals surface area contributed by atoms with Gasteiger partial charge in [0.05, 0.1) is 12.2 Å². The van der Waals surface area contributed by atoms with Crippen LogP contribution < -0.4 is 0 Å². The van der Waals surface area contributed by atoms with E-state index >= 15 is 0 Å². The van der Waals surface area contributed by atoms with Crippen molar-refractivity contribution in [3.05, 3.63) is 0 Å². The number of nitrogens with zero attached hydrogens (tertiary/aromatic N) is 1. The molecule has 0 spiro atoms. The summed E-state index contributed by atoms with van der Waals surface area (Å²) >= 11 is 0. The van der Waals surface area contributed by atoms with Gasteiger partial charge >= 0.3 is 0 Å². The van der Waals surface area contributed by atoms with Gasteiger partial charge in [-0.05, 0) is 59.5 Å². The first-order chi connectivity index (χ1) is 8.35. The molecule has 0 heterocycles. The van der Waals surface area contributed by atoms with Crippen molar-refractivity contribution in [2.45, 2.75) is 85.3 Å². The van der Waals surface area contributed by atoms with Crippen molar-refractivity contribution >= 4 is 0 Å². The van der Waals surface area contributed by atoms with Crippen LogP contribution in [-0.2, 0) is 4.74 Å². The molecule has 0 amide bonds. The van der Waals surface area contributed by atoms with Gasteiger partial charge in [-0.25, -0.2) is 0 Å². The molecule has 0 aliphatic rings. The fraction of sp³-hybridized carbons (Fsp3) is 1.00. The highest BCUT2D eigenvalue weighted by molar-refractivity contribution is 4.86. The maximum atomic E-state index is 6.17. The lowest BCUT2D eigenvalue weighted by Gasteiger charge is -2.42. The molecular formula is C16H35NO. The minimum Gasteiger partial charge on any atom is -0.374 e. The van der Waals surface area contributed by atoms with Crippen LogP contribution in [0.1, 0.15) is 74.1 Å². The third-order valence-corrected chi connectivity index (χ3v) is 4.14. The van der Waals surface area contributed by atoms with E-state index in [1.807, 2.05) is 0 Å². The lowest BCUT2D eigenvalue weighted by atomic mass is 9.95. The molecule has 0 saturated heterocycles. The molecule has 18 heavy (non-hydrogen) atoms. The fourth-order valence-electron chi connectivity index (χ4n) is 2.06. The number of hydrogen-bond acceptors (Lipinski definition) is 2. The summed E-state index contributed by atoms with van der Waals surface area (Å²) in [5.41, 5.74) is 0.180. The van der Waals surface area contributed by atoms with Crippen molar-refractivity contribution in [2.75, 3.05) is 19.7 Å². The molecule has 0 aromatic heterocycles. The van der Waals surface area contributed by atoms with Crippen molar-refractivity contribution in [2.24, 2.45) is 0 Å². The summed E-state index contributed by atoms with van der Waals surface area (Å²) in [7, 11) is 0. The van der Waals surface area contributed by atoms with Crippen molar-refractivity contribution in [3.63, 3.8) is 0 Å². The zero-order valence-corrected chi connectivity index (χ0v) is 13.8. The second-order valence-electron chi connectivity index (χ2n) is 6.24.